The molecule has 0 radical (unpaired) electrons. The minimum Gasteiger partial charge on any atom is -0.491 e. The molecule has 0 aromatic heterocycles. The highest BCUT2D eigenvalue weighted by molar-refractivity contribution is 5.85. The molecule has 0 bridgehead atoms. The third-order valence-electron chi connectivity index (χ3n) is 5.21. The number of fused-ring (bicyclic) bond motifs is 1. The second kappa shape index (κ2) is 11.6. The second-order valence-electron chi connectivity index (χ2n) is 7.55. The van der Waals surface area contributed by atoms with Gasteiger partial charge >= 0.3 is 0 Å². The van der Waals surface area contributed by atoms with Gasteiger partial charge in [-0.15, -0.1) is 24.8 Å². The Morgan fingerprint density at radius 2 is 1.70 bits per heavy atom. The van der Waals surface area contributed by atoms with Crippen LogP contribution in [0.4, 0.5) is 0 Å². The maximum Gasteiger partial charge on any atom is 0.231 e. The van der Waals surface area contributed by atoms with Crippen molar-refractivity contribution in [2.45, 2.75) is 19.6 Å². The van der Waals surface area contributed by atoms with Gasteiger partial charge in [0.25, 0.3) is 0 Å². The summed E-state index contributed by atoms with van der Waals surface area (Å²) in [5, 5.41) is 10.3. The summed E-state index contributed by atoms with van der Waals surface area (Å²) >= 11 is 0. The summed E-state index contributed by atoms with van der Waals surface area (Å²) in [6.45, 7) is 8.09. The van der Waals surface area contributed by atoms with Crippen molar-refractivity contribution in [3.05, 3.63) is 53.6 Å². The fraction of sp³-hybridized carbons (Fsp3) is 0.455. The van der Waals surface area contributed by atoms with Crippen LogP contribution in [0.2, 0.25) is 0 Å². The van der Waals surface area contributed by atoms with Gasteiger partial charge in [0.1, 0.15) is 18.5 Å². The van der Waals surface area contributed by atoms with E-state index in [0.717, 1.165) is 55.5 Å². The van der Waals surface area contributed by atoms with Crippen LogP contribution >= 0.6 is 24.8 Å². The number of aliphatic hydroxyl groups is 1. The standard InChI is InChI=1S/C22H28N2O4.2ClH/c1-17-3-2-4-20(11-17)26-15-19(25)14-24-9-7-23(8-10-24)13-18-5-6-21-22(12-18)28-16-27-21;;/h2-6,11-12,19,25H,7-10,13-16H2,1H3;2*1H. The van der Waals surface area contributed by atoms with E-state index in [-0.39, 0.29) is 24.8 Å². The highest BCUT2D eigenvalue weighted by Gasteiger charge is 2.20. The molecule has 2 heterocycles. The van der Waals surface area contributed by atoms with E-state index in [1.807, 2.05) is 37.3 Å². The van der Waals surface area contributed by atoms with Gasteiger partial charge < -0.3 is 19.3 Å². The number of ether oxygens (including phenoxy) is 3. The number of benzene rings is 2. The zero-order valence-corrected chi connectivity index (χ0v) is 18.8. The highest BCUT2D eigenvalue weighted by Crippen LogP contribution is 2.32. The van der Waals surface area contributed by atoms with Crippen LogP contribution in [0.3, 0.4) is 0 Å². The molecule has 2 aliphatic heterocycles. The van der Waals surface area contributed by atoms with E-state index >= 15 is 0 Å². The van der Waals surface area contributed by atoms with Crippen LogP contribution in [0, 0.1) is 6.92 Å². The SMILES string of the molecule is Cc1cccc(OCC(O)CN2CCN(Cc3ccc4c(c3)OCO4)CC2)c1.Cl.Cl. The van der Waals surface area contributed by atoms with Gasteiger partial charge in [0.15, 0.2) is 11.5 Å². The first-order valence-electron chi connectivity index (χ1n) is 9.86. The smallest absolute Gasteiger partial charge is 0.231 e. The maximum atomic E-state index is 10.3. The molecule has 2 aliphatic rings. The van der Waals surface area contributed by atoms with Gasteiger partial charge in [-0.25, -0.2) is 0 Å². The van der Waals surface area contributed by atoms with Gasteiger partial charge in [0, 0.05) is 39.3 Å². The summed E-state index contributed by atoms with van der Waals surface area (Å²) in [6.07, 6.45) is -0.485. The van der Waals surface area contributed by atoms with Crippen LogP contribution in [0.25, 0.3) is 0 Å². The zero-order chi connectivity index (χ0) is 19.3. The summed E-state index contributed by atoms with van der Waals surface area (Å²) < 4.78 is 16.6. The minimum atomic E-state index is -0.485. The molecule has 2 aromatic carbocycles. The Hall–Kier alpha value is -1.70. The fourth-order valence-electron chi connectivity index (χ4n) is 3.68. The zero-order valence-electron chi connectivity index (χ0n) is 17.2. The Labute approximate surface area is 190 Å². The van der Waals surface area contributed by atoms with Crippen LogP contribution in [-0.4, -0.2) is 67.1 Å². The van der Waals surface area contributed by atoms with Gasteiger partial charge in [-0.1, -0.05) is 18.2 Å². The van der Waals surface area contributed by atoms with E-state index in [9.17, 15) is 5.11 Å². The third-order valence-corrected chi connectivity index (χ3v) is 5.21. The summed E-state index contributed by atoms with van der Waals surface area (Å²) in [4.78, 5) is 4.74. The molecule has 1 atom stereocenters. The average Bonchev–Trinajstić information content (AvgIpc) is 3.16. The van der Waals surface area contributed by atoms with Gasteiger partial charge in [-0.05, 0) is 42.3 Å². The molecule has 0 spiro atoms. The predicted octanol–water partition coefficient (Wildman–Crippen LogP) is 3.12. The number of hydrogen-bond donors (Lipinski definition) is 1. The molecule has 1 saturated heterocycles. The van der Waals surface area contributed by atoms with Gasteiger partial charge in [-0.3, -0.25) is 9.80 Å². The topological polar surface area (TPSA) is 54.4 Å². The predicted molar refractivity (Wildman–Crippen MR) is 121 cm³/mol. The van der Waals surface area contributed by atoms with Crippen molar-refractivity contribution < 1.29 is 19.3 Å². The molecular weight excluding hydrogens is 427 g/mol. The van der Waals surface area contributed by atoms with Crippen molar-refractivity contribution in [2.75, 3.05) is 46.1 Å². The van der Waals surface area contributed by atoms with E-state index < -0.39 is 6.10 Å². The molecule has 6 nitrogen and oxygen atoms in total. The number of rotatable bonds is 7. The van der Waals surface area contributed by atoms with E-state index in [4.69, 9.17) is 14.2 Å². The average molecular weight is 457 g/mol. The largest absolute Gasteiger partial charge is 0.491 e. The van der Waals surface area contributed by atoms with Crippen LogP contribution in [0.15, 0.2) is 42.5 Å². The molecule has 0 amide bonds. The lowest BCUT2D eigenvalue weighted by molar-refractivity contribution is 0.0446. The van der Waals surface area contributed by atoms with Gasteiger partial charge in [-0.2, -0.15) is 0 Å². The van der Waals surface area contributed by atoms with Crippen LogP contribution in [-0.2, 0) is 6.54 Å². The molecule has 2 aromatic rings. The second-order valence-corrected chi connectivity index (χ2v) is 7.55. The number of nitrogens with zero attached hydrogens (tertiary/aromatic N) is 2. The van der Waals surface area contributed by atoms with Crippen LogP contribution in [0.5, 0.6) is 17.2 Å². The van der Waals surface area contributed by atoms with Gasteiger partial charge in [0.05, 0.1) is 0 Å². The van der Waals surface area contributed by atoms with E-state index in [1.165, 1.54) is 5.56 Å². The van der Waals surface area contributed by atoms with Crippen molar-refractivity contribution in [3.8, 4) is 17.2 Å². The number of piperazine rings is 1. The highest BCUT2D eigenvalue weighted by atomic mass is 35.5. The summed E-state index contributed by atoms with van der Waals surface area (Å²) in [7, 11) is 0. The molecular formula is C22H30Cl2N2O4. The van der Waals surface area contributed by atoms with Crippen molar-refractivity contribution >= 4 is 24.8 Å². The third kappa shape index (κ3) is 6.65. The Kier molecular flexibility index (Phi) is 9.52. The van der Waals surface area contributed by atoms with Gasteiger partial charge in [0.2, 0.25) is 6.79 Å². The summed E-state index contributed by atoms with van der Waals surface area (Å²) in [5.41, 5.74) is 2.40. The normalized spacial score (nSPS) is 17.0. The lowest BCUT2D eigenvalue weighted by Crippen LogP contribution is -2.48. The van der Waals surface area contributed by atoms with Crippen molar-refractivity contribution in [1.29, 1.82) is 0 Å². The number of halogens is 2. The van der Waals surface area contributed by atoms with Crippen molar-refractivity contribution in [3.63, 3.8) is 0 Å². The van der Waals surface area contributed by atoms with Crippen molar-refractivity contribution in [1.82, 2.24) is 9.80 Å². The van der Waals surface area contributed by atoms with E-state index in [2.05, 4.69) is 21.9 Å². The Balaban J connectivity index is 0.00000160. The first-order valence-corrected chi connectivity index (χ1v) is 9.86. The molecule has 0 aliphatic carbocycles. The van der Waals surface area contributed by atoms with Crippen molar-refractivity contribution in [2.24, 2.45) is 0 Å². The Morgan fingerprint density at radius 1 is 0.967 bits per heavy atom. The number of aliphatic hydroxyl groups excluding tert-OH is 1. The molecule has 1 fully saturated rings. The molecule has 4 rings (SSSR count). The maximum absolute atomic E-state index is 10.3. The number of aryl methyl sites for hydroxylation is 1. The summed E-state index contributed by atoms with van der Waals surface area (Å²) in [6, 6.07) is 14.1. The van der Waals surface area contributed by atoms with E-state index in [0.29, 0.717) is 19.9 Å². The quantitative estimate of drug-likeness (QED) is 0.690. The monoisotopic (exact) mass is 456 g/mol. The van der Waals surface area contributed by atoms with Crippen LogP contribution in [0.1, 0.15) is 11.1 Å². The Morgan fingerprint density at radius 3 is 2.47 bits per heavy atom. The molecule has 8 heteroatoms. The lowest BCUT2D eigenvalue weighted by atomic mass is 10.1. The van der Waals surface area contributed by atoms with E-state index in [1.54, 1.807) is 0 Å². The summed E-state index contributed by atoms with van der Waals surface area (Å²) in [5.74, 6) is 2.48. The molecule has 166 valence electrons. The fourth-order valence-corrected chi connectivity index (χ4v) is 3.68. The minimum absolute atomic E-state index is 0. The first kappa shape index (κ1) is 24.6. The first-order chi connectivity index (χ1) is 13.7. The number of hydrogen-bond acceptors (Lipinski definition) is 6. The lowest BCUT2D eigenvalue weighted by Gasteiger charge is -2.35. The molecule has 30 heavy (non-hydrogen) atoms. The number of β-amino-alcohol motifs (C(OH)–C–C–N with tert-alkyl or cyclic N) is 1. The molecule has 0 saturated carbocycles. The molecule has 1 N–H and O–H groups in total. The van der Waals surface area contributed by atoms with Crippen LogP contribution < -0.4 is 14.2 Å². The molecule has 1 unspecified atom stereocenters. The Bertz CT molecular complexity index is 800.